The summed E-state index contributed by atoms with van der Waals surface area (Å²) in [5.74, 6) is -2.13. The van der Waals surface area contributed by atoms with E-state index in [0.29, 0.717) is 19.3 Å². The van der Waals surface area contributed by atoms with Crippen molar-refractivity contribution in [2.45, 2.75) is 206 Å². The first-order valence-electron chi connectivity index (χ1n) is 24.4. The van der Waals surface area contributed by atoms with Crippen molar-refractivity contribution < 1.29 is 57.2 Å². The molecular weight excluding hydrogens is 857 g/mol. The third-order valence-corrected chi connectivity index (χ3v) is 11.1. The van der Waals surface area contributed by atoms with Crippen LogP contribution in [0.25, 0.3) is 11.1 Å². The third kappa shape index (κ3) is 20.7. The van der Waals surface area contributed by atoms with Gasteiger partial charge in [-0.1, -0.05) is 100 Å². The van der Waals surface area contributed by atoms with Crippen LogP contribution in [0.5, 0.6) is 0 Å². The Labute approximate surface area is 399 Å². The summed E-state index contributed by atoms with van der Waals surface area (Å²) in [4.78, 5) is 75.8. The highest BCUT2D eigenvalue weighted by Gasteiger charge is 2.42. The van der Waals surface area contributed by atoms with Crippen LogP contribution in [0.3, 0.4) is 0 Å². The summed E-state index contributed by atoms with van der Waals surface area (Å²) in [7, 11) is 0. The normalized spacial score (nSPS) is 13.8. The molecule has 2 aromatic rings. The molecule has 1 aliphatic carbocycles. The van der Waals surface area contributed by atoms with Crippen molar-refractivity contribution in [3.8, 4) is 11.1 Å². The van der Waals surface area contributed by atoms with Crippen LogP contribution in [-0.2, 0) is 53.0 Å². The second-order valence-corrected chi connectivity index (χ2v) is 20.5. The number of hydrogen-bond donors (Lipinski definition) is 2. The summed E-state index contributed by atoms with van der Waals surface area (Å²) in [5, 5.41) is 5.10. The molecule has 1 unspecified atom stereocenters. The predicted molar refractivity (Wildman–Crippen MR) is 257 cm³/mol. The molecule has 0 radical (unpaired) electrons. The Kier molecular flexibility index (Phi) is 22.6. The smallest absolute Gasteiger partial charge is 0.408 e. The van der Waals surface area contributed by atoms with Crippen molar-refractivity contribution in [3.05, 3.63) is 59.7 Å². The fraction of sp³-hybridized carbons (Fsp3) is 0.660. The van der Waals surface area contributed by atoms with Gasteiger partial charge in [-0.2, -0.15) is 0 Å². The van der Waals surface area contributed by atoms with E-state index >= 15 is 0 Å². The van der Waals surface area contributed by atoms with Gasteiger partial charge in [0.15, 0.2) is 0 Å². The standard InChI is InChI=1S/C53H80N2O12/c1-11-12-35-64-46(58)42(54-48(60)66-51(5,6)7)29-31-44(56)62-36-23-15-13-21-33-53(40-27-19-17-25-38(40)39-26-18-20-28-41(39)53)34-22-14-16-24-37-63-45(57)32-30-43(47(59)65-50(2,3)4)55-49(61)67-52(8,9)10/h17-20,25-28,42-43H,11-16,21-24,29-37H2,1-10H3,(H,54,60)(H,55,61)/t42?,43-/m1/s1. The minimum atomic E-state index is -1.06. The van der Waals surface area contributed by atoms with Gasteiger partial charge in [-0.05, 0) is 130 Å². The minimum Gasteiger partial charge on any atom is -0.466 e. The van der Waals surface area contributed by atoms with Gasteiger partial charge in [0, 0.05) is 18.3 Å². The second kappa shape index (κ2) is 27.0. The number of benzene rings is 2. The molecule has 0 aromatic heterocycles. The van der Waals surface area contributed by atoms with Crippen LogP contribution in [0.1, 0.15) is 183 Å². The summed E-state index contributed by atoms with van der Waals surface area (Å²) < 4.78 is 32.5. The molecule has 0 spiro atoms. The number of rotatable bonds is 27. The monoisotopic (exact) mass is 937 g/mol. The minimum absolute atomic E-state index is 0.0176. The maximum atomic E-state index is 12.9. The molecule has 2 aromatic carbocycles. The summed E-state index contributed by atoms with van der Waals surface area (Å²) in [6.07, 6.45) is 9.03. The van der Waals surface area contributed by atoms with Gasteiger partial charge in [0.1, 0.15) is 28.9 Å². The van der Waals surface area contributed by atoms with Gasteiger partial charge in [0.2, 0.25) is 0 Å². The number of esters is 4. The Morgan fingerprint density at radius 1 is 0.493 bits per heavy atom. The highest BCUT2D eigenvalue weighted by atomic mass is 16.6. The lowest BCUT2D eigenvalue weighted by molar-refractivity contribution is -0.158. The van der Waals surface area contributed by atoms with Crippen LogP contribution < -0.4 is 10.6 Å². The Balaban J connectivity index is 1.47. The predicted octanol–water partition coefficient (Wildman–Crippen LogP) is 11.0. The first-order valence-corrected chi connectivity index (χ1v) is 24.4. The zero-order valence-corrected chi connectivity index (χ0v) is 42.1. The topological polar surface area (TPSA) is 182 Å². The van der Waals surface area contributed by atoms with E-state index in [1.165, 1.54) is 22.3 Å². The van der Waals surface area contributed by atoms with Gasteiger partial charge in [0.25, 0.3) is 0 Å². The van der Waals surface area contributed by atoms with Crippen molar-refractivity contribution in [3.63, 3.8) is 0 Å². The highest BCUT2D eigenvalue weighted by Crippen LogP contribution is 2.54. The van der Waals surface area contributed by atoms with E-state index in [4.69, 9.17) is 28.4 Å². The quantitative estimate of drug-likeness (QED) is 0.0492. The Morgan fingerprint density at radius 2 is 0.881 bits per heavy atom. The van der Waals surface area contributed by atoms with Gasteiger partial charge >= 0.3 is 36.1 Å². The lowest BCUT2D eigenvalue weighted by Gasteiger charge is -2.33. The molecule has 1 aliphatic rings. The molecule has 14 heteroatoms. The Hall–Kier alpha value is -5.14. The molecule has 0 bridgehead atoms. The van der Waals surface area contributed by atoms with Crippen LogP contribution in [0, 0.1) is 0 Å². The van der Waals surface area contributed by atoms with E-state index in [-0.39, 0.29) is 50.9 Å². The lowest BCUT2D eigenvalue weighted by atomic mass is 9.70. The first kappa shape index (κ1) is 56.2. The van der Waals surface area contributed by atoms with E-state index in [1.54, 1.807) is 62.3 Å². The molecule has 2 N–H and O–H groups in total. The fourth-order valence-corrected chi connectivity index (χ4v) is 8.07. The van der Waals surface area contributed by atoms with Gasteiger partial charge in [-0.3, -0.25) is 9.59 Å². The van der Waals surface area contributed by atoms with E-state index in [2.05, 4.69) is 59.2 Å². The first-order chi connectivity index (χ1) is 31.5. The number of amides is 2. The maximum Gasteiger partial charge on any atom is 0.408 e. The zero-order chi connectivity index (χ0) is 49.7. The summed E-state index contributed by atoms with van der Waals surface area (Å²) in [6.45, 7) is 18.3. The van der Waals surface area contributed by atoms with Crippen molar-refractivity contribution in [1.82, 2.24) is 10.6 Å². The molecule has 0 saturated heterocycles. The molecule has 67 heavy (non-hydrogen) atoms. The zero-order valence-electron chi connectivity index (χ0n) is 42.1. The van der Waals surface area contributed by atoms with E-state index in [9.17, 15) is 28.8 Å². The Morgan fingerprint density at radius 3 is 1.30 bits per heavy atom. The average Bonchev–Trinajstić information content (AvgIpc) is 3.50. The van der Waals surface area contributed by atoms with Crippen molar-refractivity contribution in [2.24, 2.45) is 0 Å². The van der Waals surface area contributed by atoms with Gasteiger partial charge < -0.3 is 39.1 Å². The number of alkyl carbamates (subject to hydrolysis) is 2. The lowest BCUT2D eigenvalue weighted by Crippen LogP contribution is -2.46. The van der Waals surface area contributed by atoms with Gasteiger partial charge in [-0.25, -0.2) is 19.2 Å². The van der Waals surface area contributed by atoms with E-state index < -0.39 is 65.0 Å². The van der Waals surface area contributed by atoms with Crippen LogP contribution >= 0.6 is 0 Å². The molecule has 0 aliphatic heterocycles. The largest absolute Gasteiger partial charge is 0.466 e. The number of carbonyl (C=O) groups excluding carboxylic acids is 6. The fourth-order valence-electron chi connectivity index (χ4n) is 8.07. The molecule has 0 fully saturated rings. The molecule has 0 heterocycles. The van der Waals surface area contributed by atoms with Crippen molar-refractivity contribution in [2.75, 3.05) is 19.8 Å². The number of fused-ring (bicyclic) bond motifs is 3. The molecule has 2 amide bonds. The Bertz CT molecular complexity index is 1860. The third-order valence-electron chi connectivity index (χ3n) is 11.1. The molecule has 2 atom stereocenters. The molecular formula is C53H80N2O12. The number of nitrogens with one attached hydrogen (secondary N) is 2. The molecule has 3 rings (SSSR count). The van der Waals surface area contributed by atoms with Crippen LogP contribution in [0.15, 0.2) is 48.5 Å². The summed E-state index contributed by atoms with van der Waals surface area (Å²) in [6, 6.07) is 15.3. The molecule has 374 valence electrons. The van der Waals surface area contributed by atoms with Crippen LogP contribution in [-0.4, -0.2) is 84.8 Å². The second-order valence-electron chi connectivity index (χ2n) is 20.5. The van der Waals surface area contributed by atoms with E-state index in [0.717, 1.165) is 57.8 Å². The summed E-state index contributed by atoms with van der Waals surface area (Å²) in [5.41, 5.74) is 2.87. The van der Waals surface area contributed by atoms with Crippen molar-refractivity contribution >= 4 is 36.1 Å². The van der Waals surface area contributed by atoms with Gasteiger partial charge in [0.05, 0.1) is 19.8 Å². The number of ether oxygens (including phenoxy) is 6. The van der Waals surface area contributed by atoms with Gasteiger partial charge in [-0.15, -0.1) is 0 Å². The highest BCUT2D eigenvalue weighted by molar-refractivity contribution is 5.84. The molecule has 14 nitrogen and oxygen atoms in total. The van der Waals surface area contributed by atoms with Crippen molar-refractivity contribution in [1.29, 1.82) is 0 Å². The number of hydrogen-bond acceptors (Lipinski definition) is 12. The summed E-state index contributed by atoms with van der Waals surface area (Å²) >= 11 is 0. The SMILES string of the molecule is CCCCOC(=O)C(CCC(=O)OCCCCCCC1(CCCCCCOC(=O)CC[C@@H](NC(=O)OC(C)(C)C)C(=O)OC(C)(C)C)c2ccccc2-c2ccccc21)NC(=O)OC(C)(C)C. The van der Waals surface area contributed by atoms with Crippen LogP contribution in [0.4, 0.5) is 9.59 Å². The van der Waals surface area contributed by atoms with E-state index in [1.807, 2.05) is 6.92 Å². The average molecular weight is 937 g/mol. The molecule has 0 saturated carbocycles. The number of unbranched alkanes of at least 4 members (excludes halogenated alkanes) is 7. The maximum absolute atomic E-state index is 12.9. The van der Waals surface area contributed by atoms with Crippen LogP contribution in [0.2, 0.25) is 0 Å². The number of carbonyl (C=O) groups is 6.